The highest BCUT2D eigenvalue weighted by molar-refractivity contribution is 7.89. The van der Waals surface area contributed by atoms with Crippen LogP contribution in [0.5, 0.6) is 0 Å². The Bertz CT molecular complexity index is 581. The molecule has 7 nitrogen and oxygen atoms in total. The van der Waals surface area contributed by atoms with Crippen LogP contribution in [0, 0.1) is 5.92 Å². The number of hydrogen-bond donors (Lipinski definition) is 3. The maximum atomic E-state index is 11.9. The SMILES string of the molecule is Cl.Cl.O=C(CCNS(=O)(=O)c1cccnc1)NCC1CCCNC1. The molecule has 138 valence electrons. The minimum Gasteiger partial charge on any atom is -0.356 e. The van der Waals surface area contributed by atoms with E-state index in [0.717, 1.165) is 25.9 Å². The summed E-state index contributed by atoms with van der Waals surface area (Å²) in [6.07, 6.45) is 5.15. The molecule has 0 bridgehead atoms. The predicted octanol–water partition coefficient (Wildman–Crippen LogP) is 0.709. The Morgan fingerprint density at radius 3 is 2.79 bits per heavy atom. The van der Waals surface area contributed by atoms with E-state index in [1.165, 1.54) is 18.5 Å². The fourth-order valence-corrected chi connectivity index (χ4v) is 3.33. The van der Waals surface area contributed by atoms with Crippen LogP contribution in [0.3, 0.4) is 0 Å². The number of nitrogens with zero attached hydrogens (tertiary/aromatic N) is 1. The quantitative estimate of drug-likeness (QED) is 0.627. The van der Waals surface area contributed by atoms with Crippen molar-refractivity contribution in [1.29, 1.82) is 0 Å². The zero-order chi connectivity index (χ0) is 15.8. The number of nitrogens with one attached hydrogen (secondary N) is 3. The Morgan fingerprint density at radius 2 is 2.17 bits per heavy atom. The Balaban J connectivity index is 0.00000264. The van der Waals surface area contributed by atoms with Crippen molar-refractivity contribution >= 4 is 40.7 Å². The highest BCUT2D eigenvalue weighted by Gasteiger charge is 2.15. The van der Waals surface area contributed by atoms with Crippen molar-refractivity contribution in [3.05, 3.63) is 24.5 Å². The zero-order valence-corrected chi connectivity index (χ0v) is 15.7. The smallest absolute Gasteiger partial charge is 0.242 e. The van der Waals surface area contributed by atoms with E-state index in [2.05, 4.69) is 20.3 Å². The molecule has 1 fully saturated rings. The van der Waals surface area contributed by atoms with Gasteiger partial charge in [0.15, 0.2) is 0 Å². The minimum atomic E-state index is -3.59. The molecule has 3 N–H and O–H groups in total. The van der Waals surface area contributed by atoms with Gasteiger partial charge in [0.05, 0.1) is 0 Å². The van der Waals surface area contributed by atoms with Crippen LogP contribution < -0.4 is 15.4 Å². The highest BCUT2D eigenvalue weighted by Crippen LogP contribution is 2.08. The summed E-state index contributed by atoms with van der Waals surface area (Å²) >= 11 is 0. The first kappa shape index (κ1) is 23.1. The number of halogens is 2. The molecule has 1 aliphatic rings. The molecule has 0 aromatic carbocycles. The summed E-state index contributed by atoms with van der Waals surface area (Å²) in [5.74, 6) is 0.323. The van der Waals surface area contributed by atoms with Crippen molar-refractivity contribution in [3.8, 4) is 0 Å². The van der Waals surface area contributed by atoms with Crippen LogP contribution in [0.2, 0.25) is 0 Å². The zero-order valence-electron chi connectivity index (χ0n) is 13.2. The standard InChI is InChI=1S/C14H22N4O3S.2ClH/c19-14(17-10-12-3-1-6-15-9-12)5-8-18-22(20,21)13-4-2-7-16-11-13;;/h2,4,7,11-12,15,18H,1,3,5-6,8-10H2,(H,17,19);2*1H. The van der Waals surface area contributed by atoms with Crippen molar-refractivity contribution in [2.45, 2.75) is 24.2 Å². The van der Waals surface area contributed by atoms with Crippen molar-refractivity contribution in [2.75, 3.05) is 26.2 Å². The van der Waals surface area contributed by atoms with E-state index < -0.39 is 10.0 Å². The van der Waals surface area contributed by atoms with Gasteiger partial charge in [-0.15, -0.1) is 24.8 Å². The average molecular weight is 399 g/mol. The topological polar surface area (TPSA) is 100 Å². The van der Waals surface area contributed by atoms with Gasteiger partial charge in [-0.3, -0.25) is 9.78 Å². The summed E-state index contributed by atoms with van der Waals surface area (Å²) in [6, 6.07) is 3.02. The second-order valence-corrected chi connectivity index (χ2v) is 7.12. The van der Waals surface area contributed by atoms with E-state index >= 15 is 0 Å². The van der Waals surface area contributed by atoms with Gasteiger partial charge in [0.2, 0.25) is 15.9 Å². The monoisotopic (exact) mass is 398 g/mol. The van der Waals surface area contributed by atoms with Gasteiger partial charge >= 0.3 is 0 Å². The first-order valence-corrected chi connectivity index (χ1v) is 8.93. The molecule has 1 atom stereocenters. The molecule has 0 radical (unpaired) electrons. The number of rotatable bonds is 7. The lowest BCUT2D eigenvalue weighted by Crippen LogP contribution is -2.39. The Labute approximate surface area is 155 Å². The van der Waals surface area contributed by atoms with Gasteiger partial charge in [0, 0.05) is 31.9 Å². The van der Waals surface area contributed by atoms with Crippen LogP contribution in [0.4, 0.5) is 0 Å². The van der Waals surface area contributed by atoms with Gasteiger partial charge in [-0.25, -0.2) is 13.1 Å². The van der Waals surface area contributed by atoms with Crippen LogP contribution >= 0.6 is 24.8 Å². The normalized spacial score (nSPS) is 17.2. The largest absolute Gasteiger partial charge is 0.356 e. The van der Waals surface area contributed by atoms with Crippen LogP contribution in [0.15, 0.2) is 29.4 Å². The lowest BCUT2D eigenvalue weighted by molar-refractivity contribution is -0.121. The molecule has 2 heterocycles. The maximum absolute atomic E-state index is 11.9. The van der Waals surface area contributed by atoms with E-state index in [1.54, 1.807) is 6.07 Å². The molecular weight excluding hydrogens is 375 g/mol. The summed E-state index contributed by atoms with van der Waals surface area (Å²) in [7, 11) is -3.59. The summed E-state index contributed by atoms with van der Waals surface area (Å²) in [5, 5.41) is 6.14. The molecule has 1 aliphatic heterocycles. The molecule has 0 saturated carbocycles. The van der Waals surface area contributed by atoms with Gasteiger partial charge in [0.1, 0.15) is 4.90 Å². The number of carbonyl (C=O) groups is 1. The Morgan fingerprint density at radius 1 is 1.38 bits per heavy atom. The molecule has 1 unspecified atom stereocenters. The third kappa shape index (κ3) is 7.76. The summed E-state index contributed by atoms with van der Waals surface area (Å²) in [4.78, 5) is 15.6. The molecular formula is C14H24Cl2N4O3S. The Kier molecular flexibility index (Phi) is 11.1. The minimum absolute atomic E-state index is 0. The van der Waals surface area contributed by atoms with E-state index in [1.807, 2.05) is 0 Å². The average Bonchev–Trinajstić information content (AvgIpc) is 2.54. The second-order valence-electron chi connectivity index (χ2n) is 5.35. The lowest BCUT2D eigenvalue weighted by Gasteiger charge is -2.22. The number of piperidine rings is 1. The fourth-order valence-electron chi connectivity index (χ4n) is 2.33. The van der Waals surface area contributed by atoms with E-state index in [-0.39, 0.29) is 48.6 Å². The van der Waals surface area contributed by atoms with Crippen molar-refractivity contribution in [1.82, 2.24) is 20.3 Å². The number of aromatic nitrogens is 1. The summed E-state index contributed by atoms with van der Waals surface area (Å²) in [5.41, 5.74) is 0. The van der Waals surface area contributed by atoms with Crippen LogP contribution in [-0.4, -0.2) is 45.5 Å². The molecule has 0 spiro atoms. The number of carbonyl (C=O) groups excluding carboxylic acids is 1. The van der Waals surface area contributed by atoms with Gasteiger partial charge in [-0.1, -0.05) is 0 Å². The molecule has 24 heavy (non-hydrogen) atoms. The lowest BCUT2D eigenvalue weighted by atomic mass is 10.00. The van der Waals surface area contributed by atoms with Crippen molar-refractivity contribution < 1.29 is 13.2 Å². The van der Waals surface area contributed by atoms with Crippen molar-refractivity contribution in [3.63, 3.8) is 0 Å². The van der Waals surface area contributed by atoms with Gasteiger partial charge in [-0.05, 0) is 44.0 Å². The predicted molar refractivity (Wildman–Crippen MR) is 97.1 cm³/mol. The number of hydrogen-bond acceptors (Lipinski definition) is 5. The molecule has 1 aromatic heterocycles. The second kappa shape index (κ2) is 11.6. The number of amides is 1. The van der Waals surface area contributed by atoms with Gasteiger partial charge in [-0.2, -0.15) is 0 Å². The number of pyridine rings is 1. The van der Waals surface area contributed by atoms with E-state index in [0.29, 0.717) is 12.5 Å². The van der Waals surface area contributed by atoms with Crippen LogP contribution in [0.1, 0.15) is 19.3 Å². The van der Waals surface area contributed by atoms with E-state index in [9.17, 15) is 13.2 Å². The third-order valence-electron chi connectivity index (χ3n) is 3.58. The molecule has 1 amide bonds. The van der Waals surface area contributed by atoms with Gasteiger partial charge < -0.3 is 10.6 Å². The molecule has 0 aliphatic carbocycles. The summed E-state index contributed by atoms with van der Waals surface area (Å²) < 4.78 is 26.3. The summed E-state index contributed by atoms with van der Waals surface area (Å²) in [6.45, 7) is 2.68. The van der Waals surface area contributed by atoms with E-state index in [4.69, 9.17) is 0 Å². The molecule has 2 rings (SSSR count). The first-order chi connectivity index (χ1) is 10.6. The molecule has 10 heteroatoms. The third-order valence-corrected chi connectivity index (χ3v) is 5.02. The highest BCUT2D eigenvalue weighted by atomic mass is 35.5. The Hall–Kier alpha value is -0.930. The van der Waals surface area contributed by atoms with Gasteiger partial charge in [0.25, 0.3) is 0 Å². The van der Waals surface area contributed by atoms with Crippen LogP contribution in [0.25, 0.3) is 0 Å². The maximum Gasteiger partial charge on any atom is 0.242 e. The molecule has 1 aromatic rings. The molecule has 1 saturated heterocycles. The first-order valence-electron chi connectivity index (χ1n) is 7.45. The number of sulfonamides is 1. The van der Waals surface area contributed by atoms with Crippen molar-refractivity contribution in [2.24, 2.45) is 5.92 Å². The fraction of sp³-hybridized carbons (Fsp3) is 0.571. The van der Waals surface area contributed by atoms with Crippen LogP contribution in [-0.2, 0) is 14.8 Å².